The van der Waals surface area contributed by atoms with E-state index >= 15 is 0 Å². The van der Waals surface area contributed by atoms with E-state index in [1.54, 1.807) is 0 Å². The molecule has 0 bridgehead atoms. The maximum Gasteiger partial charge on any atom is 0 e. The first-order valence-corrected chi connectivity index (χ1v) is 0. The standard InChI is InChI=1S/2CH4.2Li/h2*1H4;;. The zero-order valence-corrected chi connectivity index (χ0v) is 2.00. The average molecular weight is 46.0 g/mol. The Bertz CT molecular complexity index is 4.00. The van der Waals surface area contributed by atoms with Crippen molar-refractivity contribution in [2.75, 3.05) is 0 Å². The minimum Gasteiger partial charge on any atom is -0.0776 e. The number of hydrogen-bond donors (Lipinski definition) is 0. The summed E-state index contributed by atoms with van der Waals surface area (Å²) in [7, 11) is 0. The van der Waals surface area contributed by atoms with Gasteiger partial charge < -0.3 is 0 Å². The molecule has 0 amide bonds. The van der Waals surface area contributed by atoms with Gasteiger partial charge in [-0.3, -0.25) is 0 Å². The molecule has 4 heavy (non-hydrogen) atoms. The minimum absolute atomic E-state index is 0. The molecule has 0 heterocycles. The number of hydrogen-bond acceptors (Lipinski definition) is 0. The Morgan fingerprint density at radius 3 is 0.500 bits per heavy atom. The summed E-state index contributed by atoms with van der Waals surface area (Å²) < 4.78 is 0. The predicted molar refractivity (Wildman–Crippen MR) is 25.0 cm³/mol. The Morgan fingerprint density at radius 2 is 0.500 bits per heavy atom. The normalized spacial score (nSPS) is 0. The molecule has 0 aliphatic heterocycles. The Hall–Kier alpha value is 1.19. The Kier molecular flexibility index (Phi) is 480. The third-order valence-corrected chi connectivity index (χ3v) is 0. The van der Waals surface area contributed by atoms with Crippen molar-refractivity contribution in [2.24, 2.45) is 0 Å². The van der Waals surface area contributed by atoms with Gasteiger partial charge in [0.25, 0.3) is 0 Å². The second kappa shape index (κ2) is 30.0. The van der Waals surface area contributed by atoms with E-state index in [-0.39, 0.29) is 52.6 Å². The van der Waals surface area contributed by atoms with E-state index in [4.69, 9.17) is 0 Å². The maximum atomic E-state index is 0. The SMILES string of the molecule is C.C.[Li].[Li]. The van der Waals surface area contributed by atoms with E-state index in [9.17, 15) is 0 Å². The summed E-state index contributed by atoms with van der Waals surface area (Å²) in [6, 6.07) is 0. The Balaban J connectivity index is 0. The van der Waals surface area contributed by atoms with Crippen LogP contribution in [-0.4, -0.2) is 37.7 Å². The first kappa shape index (κ1) is 64.0. The van der Waals surface area contributed by atoms with Gasteiger partial charge in [-0.25, -0.2) is 0 Å². The van der Waals surface area contributed by atoms with Gasteiger partial charge in [-0.1, -0.05) is 14.9 Å². The molecule has 0 spiro atoms. The van der Waals surface area contributed by atoms with Gasteiger partial charge >= 0.3 is 0 Å². The molecule has 0 rings (SSSR count). The van der Waals surface area contributed by atoms with Gasteiger partial charge in [0.1, 0.15) is 0 Å². The van der Waals surface area contributed by atoms with Crippen molar-refractivity contribution >= 4 is 37.7 Å². The van der Waals surface area contributed by atoms with Crippen LogP contribution >= 0.6 is 0 Å². The summed E-state index contributed by atoms with van der Waals surface area (Å²) in [6.45, 7) is 0. The molecule has 0 saturated heterocycles. The quantitative estimate of drug-likeness (QED) is 0.349. The van der Waals surface area contributed by atoms with Crippen molar-refractivity contribution in [3.8, 4) is 0 Å². The molecule has 0 aromatic carbocycles. The molecule has 0 aliphatic rings. The Morgan fingerprint density at radius 1 is 0.500 bits per heavy atom. The fourth-order valence-corrected chi connectivity index (χ4v) is 0. The van der Waals surface area contributed by atoms with Crippen LogP contribution in [0.3, 0.4) is 0 Å². The van der Waals surface area contributed by atoms with Crippen molar-refractivity contribution in [3.05, 3.63) is 0 Å². The van der Waals surface area contributed by atoms with Gasteiger partial charge in [0.05, 0.1) is 0 Å². The van der Waals surface area contributed by atoms with E-state index in [1.165, 1.54) is 0 Å². The van der Waals surface area contributed by atoms with E-state index < -0.39 is 0 Å². The smallest absolute Gasteiger partial charge is 0 e. The molecule has 0 N–H and O–H groups in total. The largest absolute Gasteiger partial charge is 0.0776 e. The van der Waals surface area contributed by atoms with Crippen LogP contribution in [0, 0.1) is 0 Å². The van der Waals surface area contributed by atoms with Gasteiger partial charge in [0.2, 0.25) is 0 Å². The van der Waals surface area contributed by atoms with Crippen molar-refractivity contribution < 1.29 is 0 Å². The first-order valence-electron chi connectivity index (χ1n) is 0. The molecule has 0 unspecified atom stereocenters. The topological polar surface area (TPSA) is 0 Å². The van der Waals surface area contributed by atoms with Crippen LogP contribution in [0.5, 0.6) is 0 Å². The van der Waals surface area contributed by atoms with Crippen LogP contribution < -0.4 is 0 Å². The van der Waals surface area contributed by atoms with Gasteiger partial charge in [-0.15, -0.1) is 0 Å². The van der Waals surface area contributed by atoms with Gasteiger partial charge in [-0.2, -0.15) is 0 Å². The molecule has 0 saturated carbocycles. The molecule has 2 radical (unpaired) electrons. The minimum atomic E-state index is 0. The van der Waals surface area contributed by atoms with Crippen molar-refractivity contribution in [2.45, 2.75) is 14.9 Å². The molecule has 0 nitrogen and oxygen atoms in total. The summed E-state index contributed by atoms with van der Waals surface area (Å²) in [4.78, 5) is 0. The molecule has 0 aromatic heterocycles. The first-order chi connectivity index (χ1) is 0. The van der Waals surface area contributed by atoms with Crippen LogP contribution in [0.1, 0.15) is 14.9 Å². The summed E-state index contributed by atoms with van der Waals surface area (Å²) in [5.41, 5.74) is 0. The number of rotatable bonds is 0. The molecular weight excluding hydrogens is 37.9 g/mol. The second-order valence-electron chi connectivity index (χ2n) is 0. The zero-order valence-electron chi connectivity index (χ0n) is 2.00. The van der Waals surface area contributed by atoms with Crippen molar-refractivity contribution in [1.82, 2.24) is 0 Å². The predicted octanol–water partition coefficient (Wildman–Crippen LogP) is 0.511. The van der Waals surface area contributed by atoms with Crippen LogP contribution in [0.15, 0.2) is 0 Å². The van der Waals surface area contributed by atoms with Crippen LogP contribution in [0.25, 0.3) is 0 Å². The molecule has 0 aliphatic carbocycles. The monoisotopic (exact) mass is 46.1 g/mol. The van der Waals surface area contributed by atoms with E-state index in [0.717, 1.165) is 0 Å². The molecule has 2 heteroatoms. The summed E-state index contributed by atoms with van der Waals surface area (Å²) in [6.07, 6.45) is 0. The van der Waals surface area contributed by atoms with Crippen LogP contribution in [-0.2, 0) is 0 Å². The second-order valence-corrected chi connectivity index (χ2v) is 0. The maximum absolute atomic E-state index is 0. The molecule has 0 atom stereocenters. The van der Waals surface area contributed by atoms with Crippen molar-refractivity contribution in [3.63, 3.8) is 0 Å². The van der Waals surface area contributed by atoms with Gasteiger partial charge in [0.15, 0.2) is 0 Å². The van der Waals surface area contributed by atoms with E-state index in [2.05, 4.69) is 0 Å². The van der Waals surface area contributed by atoms with Crippen LogP contribution in [0.2, 0.25) is 0 Å². The molecule has 0 aromatic rings. The molecule has 0 fully saturated rings. The van der Waals surface area contributed by atoms with Gasteiger partial charge in [0, 0.05) is 37.7 Å². The summed E-state index contributed by atoms with van der Waals surface area (Å²) in [5.74, 6) is 0. The average Bonchev–Trinajstić information content (AvgIpc) is 0. The Labute approximate surface area is 52.7 Å². The third kappa shape index (κ3) is 10.8. The van der Waals surface area contributed by atoms with Crippen LogP contribution in [0.4, 0.5) is 0 Å². The fraction of sp³-hybridized carbons (Fsp3) is 1.00. The molecular formula is C2H8Li2. The van der Waals surface area contributed by atoms with E-state index in [0.29, 0.717) is 0 Å². The van der Waals surface area contributed by atoms with Gasteiger partial charge in [-0.05, 0) is 0 Å². The summed E-state index contributed by atoms with van der Waals surface area (Å²) in [5, 5.41) is 0. The zero-order chi connectivity index (χ0) is 0. The summed E-state index contributed by atoms with van der Waals surface area (Å²) >= 11 is 0. The van der Waals surface area contributed by atoms with E-state index in [1.807, 2.05) is 0 Å². The fourth-order valence-electron chi connectivity index (χ4n) is 0. The molecule has 18 valence electrons. The van der Waals surface area contributed by atoms with Crippen molar-refractivity contribution in [1.29, 1.82) is 0 Å². The third-order valence-electron chi connectivity index (χ3n) is 0.